The smallest absolute Gasteiger partial charge is 0.0631 e. The molecule has 0 aromatic heterocycles. The molecule has 0 amide bonds. The highest BCUT2D eigenvalue weighted by atomic mass is 14.9. The van der Waals surface area contributed by atoms with Crippen molar-refractivity contribution in [1.82, 2.24) is 0 Å². The van der Waals surface area contributed by atoms with Gasteiger partial charge in [0, 0.05) is 35.8 Å². The number of benzene rings is 3. The Morgan fingerprint density at radius 3 is 2.10 bits per heavy atom. The lowest BCUT2D eigenvalue weighted by molar-refractivity contribution is 0.707. The standard InChI is InChI=1S/C26H24N4/c27-26-16-15-24(19-25(26)20-7-3-1-4-8-20)29-18-17-28-21-11-13-23(14-12-21)30-22-9-5-2-6-10-22/h1-19,25-26,30H,27H2/b28-17+,29-18+. The number of hydrogen-bond acceptors (Lipinski definition) is 4. The average molecular weight is 393 g/mol. The van der Waals surface area contributed by atoms with Gasteiger partial charge in [0.15, 0.2) is 0 Å². The van der Waals surface area contributed by atoms with Crippen molar-refractivity contribution in [2.45, 2.75) is 12.0 Å². The van der Waals surface area contributed by atoms with Crippen molar-refractivity contribution in [1.29, 1.82) is 0 Å². The van der Waals surface area contributed by atoms with Crippen LogP contribution in [0.4, 0.5) is 17.1 Å². The van der Waals surface area contributed by atoms with Crippen molar-refractivity contribution < 1.29 is 0 Å². The molecule has 1 aliphatic carbocycles. The Morgan fingerprint density at radius 2 is 1.37 bits per heavy atom. The fraction of sp³-hybridized carbons (Fsp3) is 0.0769. The SMILES string of the molecule is NC1C=CC(/N=C/C=N/c2ccc(Nc3ccccc3)cc2)=CC1c1ccccc1. The monoisotopic (exact) mass is 392 g/mol. The number of para-hydroxylation sites is 1. The lowest BCUT2D eigenvalue weighted by Gasteiger charge is -2.22. The van der Waals surface area contributed by atoms with Gasteiger partial charge in [-0.25, -0.2) is 0 Å². The number of hydrogen-bond donors (Lipinski definition) is 2. The lowest BCUT2D eigenvalue weighted by Crippen LogP contribution is -2.26. The highest BCUT2D eigenvalue weighted by Gasteiger charge is 2.18. The molecule has 0 fully saturated rings. The number of rotatable bonds is 6. The van der Waals surface area contributed by atoms with Crippen molar-refractivity contribution in [3.05, 3.63) is 114 Å². The topological polar surface area (TPSA) is 62.8 Å². The fourth-order valence-electron chi connectivity index (χ4n) is 3.32. The molecule has 4 nitrogen and oxygen atoms in total. The first-order valence-electron chi connectivity index (χ1n) is 9.97. The zero-order valence-corrected chi connectivity index (χ0v) is 16.6. The molecule has 0 heterocycles. The molecular weight excluding hydrogens is 368 g/mol. The van der Waals surface area contributed by atoms with Gasteiger partial charge >= 0.3 is 0 Å². The van der Waals surface area contributed by atoms with E-state index in [1.807, 2.05) is 84.9 Å². The fourth-order valence-corrected chi connectivity index (χ4v) is 3.32. The zero-order chi connectivity index (χ0) is 20.6. The van der Waals surface area contributed by atoms with E-state index in [2.05, 4.69) is 33.5 Å². The van der Waals surface area contributed by atoms with Gasteiger partial charge in [0.25, 0.3) is 0 Å². The molecule has 3 N–H and O–H groups in total. The summed E-state index contributed by atoms with van der Waals surface area (Å²) in [5.41, 5.74) is 11.3. The van der Waals surface area contributed by atoms with Gasteiger partial charge in [0.1, 0.15) is 0 Å². The van der Waals surface area contributed by atoms with Crippen LogP contribution < -0.4 is 11.1 Å². The maximum Gasteiger partial charge on any atom is 0.0631 e. The zero-order valence-electron chi connectivity index (χ0n) is 16.6. The average Bonchev–Trinajstić information content (AvgIpc) is 2.80. The van der Waals surface area contributed by atoms with Crippen molar-refractivity contribution >= 4 is 29.5 Å². The Morgan fingerprint density at radius 1 is 0.733 bits per heavy atom. The van der Waals surface area contributed by atoms with Crippen LogP contribution in [0, 0.1) is 0 Å². The lowest BCUT2D eigenvalue weighted by atomic mass is 9.88. The molecule has 4 heteroatoms. The van der Waals surface area contributed by atoms with Gasteiger partial charge in [-0.2, -0.15) is 0 Å². The van der Waals surface area contributed by atoms with Gasteiger partial charge in [-0.15, -0.1) is 0 Å². The second kappa shape index (κ2) is 9.63. The predicted octanol–water partition coefficient (Wildman–Crippen LogP) is 5.77. The van der Waals surface area contributed by atoms with Gasteiger partial charge in [-0.3, -0.25) is 9.98 Å². The van der Waals surface area contributed by atoms with Crippen LogP contribution in [-0.2, 0) is 0 Å². The Labute approximate surface area is 177 Å². The molecule has 0 aliphatic heterocycles. The maximum absolute atomic E-state index is 6.25. The van der Waals surface area contributed by atoms with E-state index in [1.54, 1.807) is 12.4 Å². The molecule has 3 aromatic carbocycles. The summed E-state index contributed by atoms with van der Waals surface area (Å²) in [6.07, 6.45) is 9.48. The summed E-state index contributed by atoms with van der Waals surface area (Å²) in [5.74, 6) is 0.130. The maximum atomic E-state index is 6.25. The molecule has 4 rings (SSSR count). The van der Waals surface area contributed by atoms with Crippen LogP contribution in [0.2, 0.25) is 0 Å². The number of nitrogens with zero attached hydrogens (tertiary/aromatic N) is 2. The molecule has 0 saturated carbocycles. The summed E-state index contributed by atoms with van der Waals surface area (Å²) in [6.45, 7) is 0. The van der Waals surface area contributed by atoms with E-state index in [0.717, 1.165) is 22.8 Å². The van der Waals surface area contributed by atoms with Crippen LogP contribution in [0.25, 0.3) is 0 Å². The quantitative estimate of drug-likeness (QED) is 0.523. The normalized spacial score (nSPS) is 18.6. The van der Waals surface area contributed by atoms with Crippen LogP contribution in [0.1, 0.15) is 11.5 Å². The summed E-state index contributed by atoms with van der Waals surface area (Å²) < 4.78 is 0. The first kappa shape index (κ1) is 19.6. The second-order valence-corrected chi connectivity index (χ2v) is 7.06. The summed E-state index contributed by atoms with van der Waals surface area (Å²) in [6, 6.07) is 28.3. The minimum atomic E-state index is -0.0389. The molecule has 30 heavy (non-hydrogen) atoms. The van der Waals surface area contributed by atoms with Crippen molar-refractivity contribution in [2.75, 3.05) is 5.32 Å². The third-order valence-electron chi connectivity index (χ3n) is 4.88. The number of anilines is 2. The highest BCUT2D eigenvalue weighted by Crippen LogP contribution is 2.26. The first-order valence-corrected chi connectivity index (χ1v) is 9.97. The third-order valence-corrected chi connectivity index (χ3v) is 4.88. The van der Waals surface area contributed by atoms with Crippen molar-refractivity contribution in [3.63, 3.8) is 0 Å². The van der Waals surface area contributed by atoms with Crippen molar-refractivity contribution in [3.8, 4) is 0 Å². The van der Waals surface area contributed by atoms with Crippen LogP contribution in [0.5, 0.6) is 0 Å². The molecule has 0 spiro atoms. The van der Waals surface area contributed by atoms with Gasteiger partial charge in [0.2, 0.25) is 0 Å². The Hall–Kier alpha value is -3.76. The van der Waals surface area contributed by atoms with E-state index >= 15 is 0 Å². The highest BCUT2D eigenvalue weighted by molar-refractivity contribution is 6.17. The summed E-state index contributed by atoms with van der Waals surface area (Å²) in [7, 11) is 0. The predicted molar refractivity (Wildman–Crippen MR) is 127 cm³/mol. The summed E-state index contributed by atoms with van der Waals surface area (Å²) in [4.78, 5) is 8.97. The molecule has 2 unspecified atom stereocenters. The molecule has 1 aliphatic rings. The van der Waals surface area contributed by atoms with Crippen LogP contribution in [-0.4, -0.2) is 18.5 Å². The Balaban J connectivity index is 1.37. The minimum Gasteiger partial charge on any atom is -0.356 e. The molecule has 0 radical (unpaired) electrons. The molecule has 3 aromatic rings. The van der Waals surface area contributed by atoms with Crippen LogP contribution >= 0.6 is 0 Å². The van der Waals surface area contributed by atoms with Crippen LogP contribution in [0.3, 0.4) is 0 Å². The van der Waals surface area contributed by atoms with E-state index in [0.29, 0.717) is 0 Å². The van der Waals surface area contributed by atoms with Gasteiger partial charge in [-0.05, 0) is 54.1 Å². The first-order chi connectivity index (χ1) is 14.8. The molecule has 2 atom stereocenters. The van der Waals surface area contributed by atoms with Crippen LogP contribution in [0.15, 0.2) is 119 Å². The Kier molecular flexibility index (Phi) is 6.28. The number of nitrogens with two attached hydrogens (primary N) is 1. The molecule has 0 bridgehead atoms. The molecule has 148 valence electrons. The van der Waals surface area contributed by atoms with E-state index in [4.69, 9.17) is 5.73 Å². The summed E-state index contributed by atoms with van der Waals surface area (Å²) in [5, 5.41) is 3.36. The Bertz CT molecular complexity index is 1070. The second-order valence-electron chi connectivity index (χ2n) is 7.06. The molecular formula is C26H24N4. The van der Waals surface area contributed by atoms with E-state index < -0.39 is 0 Å². The number of nitrogens with one attached hydrogen (secondary N) is 1. The van der Waals surface area contributed by atoms with E-state index in [9.17, 15) is 0 Å². The summed E-state index contributed by atoms with van der Waals surface area (Å²) >= 11 is 0. The largest absolute Gasteiger partial charge is 0.356 e. The third kappa shape index (κ3) is 5.19. The van der Waals surface area contributed by atoms with E-state index in [-0.39, 0.29) is 12.0 Å². The number of aliphatic imine (C=N–C) groups is 2. The number of allylic oxidation sites excluding steroid dienone is 1. The molecule has 0 saturated heterocycles. The van der Waals surface area contributed by atoms with Gasteiger partial charge in [-0.1, -0.05) is 54.6 Å². The van der Waals surface area contributed by atoms with Crippen molar-refractivity contribution in [2.24, 2.45) is 15.7 Å². The van der Waals surface area contributed by atoms with Gasteiger partial charge in [0.05, 0.1) is 11.4 Å². The van der Waals surface area contributed by atoms with E-state index in [1.165, 1.54) is 5.56 Å². The minimum absolute atomic E-state index is 0.0389. The van der Waals surface area contributed by atoms with Gasteiger partial charge < -0.3 is 11.1 Å².